The summed E-state index contributed by atoms with van der Waals surface area (Å²) in [6.07, 6.45) is 1.25. The molecule has 2 rings (SSSR count). The van der Waals surface area contributed by atoms with Crippen LogP contribution in [0.15, 0.2) is 56.9 Å². The Morgan fingerprint density at radius 2 is 1.59 bits per heavy atom. The molecule has 0 aliphatic heterocycles. The van der Waals surface area contributed by atoms with E-state index in [0.29, 0.717) is 0 Å². The van der Waals surface area contributed by atoms with Gasteiger partial charge in [-0.3, -0.25) is 0 Å². The lowest BCUT2D eigenvalue weighted by molar-refractivity contribution is 0.595. The van der Waals surface area contributed by atoms with Gasteiger partial charge >= 0.3 is 0 Å². The molecule has 0 spiro atoms. The van der Waals surface area contributed by atoms with Crippen LogP contribution >= 0.6 is 27.5 Å². The Kier molecular flexibility index (Phi) is 3.51. The Morgan fingerprint density at radius 1 is 1.00 bits per heavy atom. The van der Waals surface area contributed by atoms with Gasteiger partial charge in [-0.2, -0.15) is 0 Å². The fourth-order valence-electron chi connectivity index (χ4n) is 1.27. The Bertz CT molecular complexity index is 572. The van der Waals surface area contributed by atoms with Crippen LogP contribution in [0.25, 0.3) is 0 Å². The van der Waals surface area contributed by atoms with Crippen LogP contribution in [0.2, 0.25) is 5.15 Å². The normalized spacial score (nSPS) is 11.4. The molecule has 0 saturated carbocycles. The molecule has 1 heterocycles. The maximum atomic E-state index is 12.2. The quantitative estimate of drug-likeness (QED) is 0.793. The lowest BCUT2D eigenvalue weighted by Gasteiger charge is -2.04. The SMILES string of the molecule is O=S(=O)(c1ccc(Br)cc1)c1ccc(Cl)nc1. The molecule has 0 N–H and O–H groups in total. The molecule has 0 bridgehead atoms. The van der Waals surface area contributed by atoms with Gasteiger partial charge in [-0.15, -0.1) is 0 Å². The van der Waals surface area contributed by atoms with E-state index in [1.807, 2.05) is 0 Å². The van der Waals surface area contributed by atoms with Gasteiger partial charge in [0, 0.05) is 10.7 Å². The van der Waals surface area contributed by atoms with Gasteiger partial charge < -0.3 is 0 Å². The number of hydrogen-bond acceptors (Lipinski definition) is 3. The monoisotopic (exact) mass is 331 g/mol. The molecule has 0 aliphatic carbocycles. The minimum Gasteiger partial charge on any atom is -0.243 e. The first-order valence-corrected chi connectivity index (χ1v) is 7.28. The maximum Gasteiger partial charge on any atom is 0.208 e. The number of rotatable bonds is 2. The molecular formula is C11H7BrClNO2S. The molecule has 0 unspecified atom stereocenters. The summed E-state index contributed by atoms with van der Waals surface area (Å²) < 4.78 is 25.1. The molecule has 6 heteroatoms. The molecular weight excluding hydrogens is 326 g/mol. The highest BCUT2D eigenvalue weighted by molar-refractivity contribution is 9.10. The number of halogens is 2. The molecule has 88 valence electrons. The minimum atomic E-state index is -3.51. The summed E-state index contributed by atoms with van der Waals surface area (Å²) in [6.45, 7) is 0. The smallest absolute Gasteiger partial charge is 0.208 e. The fraction of sp³-hybridized carbons (Fsp3) is 0. The second-order valence-electron chi connectivity index (χ2n) is 3.27. The summed E-state index contributed by atoms with van der Waals surface area (Å²) >= 11 is 8.87. The van der Waals surface area contributed by atoms with Crippen molar-refractivity contribution in [2.24, 2.45) is 0 Å². The van der Waals surface area contributed by atoms with E-state index in [2.05, 4.69) is 20.9 Å². The zero-order chi connectivity index (χ0) is 12.5. The van der Waals surface area contributed by atoms with Gasteiger partial charge in [-0.05, 0) is 36.4 Å². The van der Waals surface area contributed by atoms with Gasteiger partial charge in [0.1, 0.15) is 5.15 Å². The van der Waals surface area contributed by atoms with Crippen LogP contribution in [0.5, 0.6) is 0 Å². The summed E-state index contributed by atoms with van der Waals surface area (Å²) in [7, 11) is -3.51. The third-order valence-corrected chi connectivity index (χ3v) is 4.64. The lowest BCUT2D eigenvalue weighted by atomic mass is 10.4. The number of aromatic nitrogens is 1. The van der Waals surface area contributed by atoms with Crippen molar-refractivity contribution in [2.75, 3.05) is 0 Å². The van der Waals surface area contributed by atoms with Crippen molar-refractivity contribution < 1.29 is 8.42 Å². The van der Waals surface area contributed by atoms with Crippen LogP contribution in [0.1, 0.15) is 0 Å². The molecule has 0 radical (unpaired) electrons. The standard InChI is InChI=1S/C11H7BrClNO2S/c12-8-1-3-9(4-2-8)17(15,16)10-5-6-11(13)14-7-10/h1-7H. The van der Waals surface area contributed by atoms with Crippen molar-refractivity contribution in [3.8, 4) is 0 Å². The van der Waals surface area contributed by atoms with Crippen molar-refractivity contribution >= 4 is 37.4 Å². The van der Waals surface area contributed by atoms with E-state index in [1.165, 1.54) is 30.5 Å². The van der Waals surface area contributed by atoms with Gasteiger partial charge in [0.05, 0.1) is 9.79 Å². The van der Waals surface area contributed by atoms with Gasteiger partial charge in [-0.1, -0.05) is 27.5 Å². The van der Waals surface area contributed by atoms with Crippen LogP contribution in [-0.2, 0) is 9.84 Å². The van der Waals surface area contributed by atoms with E-state index >= 15 is 0 Å². The number of benzene rings is 1. The zero-order valence-corrected chi connectivity index (χ0v) is 11.6. The molecule has 1 aromatic carbocycles. The average molecular weight is 333 g/mol. The van der Waals surface area contributed by atoms with Crippen molar-refractivity contribution in [3.05, 3.63) is 52.2 Å². The van der Waals surface area contributed by atoms with E-state index in [-0.39, 0.29) is 14.9 Å². The van der Waals surface area contributed by atoms with Crippen LogP contribution in [0.3, 0.4) is 0 Å². The first-order valence-electron chi connectivity index (χ1n) is 4.62. The molecule has 0 amide bonds. The second kappa shape index (κ2) is 4.76. The lowest BCUT2D eigenvalue weighted by Crippen LogP contribution is -2.02. The largest absolute Gasteiger partial charge is 0.243 e. The van der Waals surface area contributed by atoms with Crippen molar-refractivity contribution in [2.45, 2.75) is 9.79 Å². The van der Waals surface area contributed by atoms with Crippen molar-refractivity contribution in [3.63, 3.8) is 0 Å². The molecule has 0 aliphatic rings. The van der Waals surface area contributed by atoms with E-state index in [1.54, 1.807) is 12.1 Å². The van der Waals surface area contributed by atoms with E-state index in [0.717, 1.165) is 4.47 Å². The van der Waals surface area contributed by atoms with Gasteiger partial charge in [0.15, 0.2) is 0 Å². The summed E-state index contributed by atoms with van der Waals surface area (Å²) in [4.78, 5) is 4.12. The predicted molar refractivity (Wildman–Crippen MR) is 68.8 cm³/mol. The van der Waals surface area contributed by atoms with E-state index < -0.39 is 9.84 Å². The Hall–Kier alpha value is -0.910. The van der Waals surface area contributed by atoms with Crippen LogP contribution in [0, 0.1) is 0 Å². The third-order valence-electron chi connectivity index (χ3n) is 2.13. The number of hydrogen-bond donors (Lipinski definition) is 0. The van der Waals surface area contributed by atoms with Gasteiger partial charge in [0.2, 0.25) is 9.84 Å². The Morgan fingerprint density at radius 3 is 2.12 bits per heavy atom. The summed E-state index contributed by atoms with van der Waals surface area (Å²) in [5.41, 5.74) is 0. The second-order valence-corrected chi connectivity index (χ2v) is 6.53. The first kappa shape index (κ1) is 12.5. The van der Waals surface area contributed by atoms with Gasteiger partial charge in [0.25, 0.3) is 0 Å². The van der Waals surface area contributed by atoms with Gasteiger partial charge in [-0.25, -0.2) is 13.4 Å². The van der Waals surface area contributed by atoms with Crippen molar-refractivity contribution in [1.82, 2.24) is 4.98 Å². The molecule has 2 aromatic rings. The summed E-state index contributed by atoms with van der Waals surface area (Å²) in [5, 5.41) is 0.264. The number of nitrogens with zero attached hydrogens (tertiary/aromatic N) is 1. The maximum absolute atomic E-state index is 12.2. The number of pyridine rings is 1. The van der Waals surface area contributed by atoms with Crippen LogP contribution < -0.4 is 0 Å². The van der Waals surface area contributed by atoms with Crippen molar-refractivity contribution in [1.29, 1.82) is 0 Å². The highest BCUT2D eigenvalue weighted by Crippen LogP contribution is 2.22. The molecule has 0 atom stereocenters. The summed E-state index contributed by atoms with van der Waals surface area (Å²) in [6, 6.07) is 9.31. The Labute approximate surface area is 113 Å². The van der Waals surface area contributed by atoms with Crippen LogP contribution in [0.4, 0.5) is 0 Å². The highest BCUT2D eigenvalue weighted by Gasteiger charge is 2.17. The molecule has 0 saturated heterocycles. The predicted octanol–water partition coefficient (Wildman–Crippen LogP) is 3.33. The fourth-order valence-corrected chi connectivity index (χ4v) is 2.85. The topological polar surface area (TPSA) is 47.0 Å². The molecule has 3 nitrogen and oxygen atoms in total. The van der Waals surface area contributed by atoms with Crippen LogP contribution in [-0.4, -0.2) is 13.4 Å². The van der Waals surface area contributed by atoms with E-state index in [4.69, 9.17) is 11.6 Å². The highest BCUT2D eigenvalue weighted by atomic mass is 79.9. The summed E-state index contributed by atoms with van der Waals surface area (Å²) in [5.74, 6) is 0. The first-order chi connectivity index (χ1) is 8.00. The zero-order valence-electron chi connectivity index (χ0n) is 8.47. The number of sulfone groups is 1. The third kappa shape index (κ3) is 2.68. The molecule has 1 aromatic heterocycles. The molecule has 0 fully saturated rings. The van der Waals surface area contributed by atoms with E-state index in [9.17, 15) is 8.42 Å². The minimum absolute atomic E-state index is 0.129. The average Bonchev–Trinajstić information content (AvgIpc) is 2.30. The Balaban J connectivity index is 2.50. The molecule has 17 heavy (non-hydrogen) atoms.